The number of hydrogen-bond acceptors (Lipinski definition) is 3. The average Bonchev–Trinajstić information content (AvgIpc) is 3.10. The lowest BCUT2D eigenvalue weighted by molar-refractivity contribution is -0.274. The fraction of sp³-hybridized carbons (Fsp3) is 0.130. The van der Waals surface area contributed by atoms with Crippen molar-refractivity contribution in [1.29, 1.82) is 0 Å². The van der Waals surface area contributed by atoms with Crippen molar-refractivity contribution < 1.29 is 27.5 Å². The number of ether oxygens (including phenoxy) is 1. The van der Waals surface area contributed by atoms with Crippen LogP contribution >= 0.6 is 0 Å². The van der Waals surface area contributed by atoms with Crippen LogP contribution in [0.3, 0.4) is 0 Å². The summed E-state index contributed by atoms with van der Waals surface area (Å²) in [4.78, 5) is 25.0. The van der Waals surface area contributed by atoms with E-state index in [-0.39, 0.29) is 23.9 Å². The van der Waals surface area contributed by atoms with Crippen LogP contribution < -0.4 is 10.1 Å². The van der Waals surface area contributed by atoms with E-state index in [1.807, 2.05) is 0 Å². The van der Waals surface area contributed by atoms with E-state index in [1.54, 1.807) is 48.5 Å². The molecule has 0 heterocycles. The zero-order chi connectivity index (χ0) is 21.3. The lowest BCUT2D eigenvalue weighted by atomic mass is 9.95. The Labute approximate surface area is 170 Å². The number of halogens is 3. The Morgan fingerprint density at radius 3 is 2.43 bits per heavy atom. The molecule has 0 aliphatic heterocycles. The van der Waals surface area contributed by atoms with Crippen molar-refractivity contribution >= 4 is 17.4 Å². The molecule has 3 aromatic rings. The average molecular weight is 411 g/mol. The molecule has 0 spiro atoms. The zero-order valence-electron chi connectivity index (χ0n) is 15.6. The lowest BCUT2D eigenvalue weighted by Crippen LogP contribution is -2.17. The highest BCUT2D eigenvalue weighted by atomic mass is 19.4. The van der Waals surface area contributed by atoms with Crippen molar-refractivity contribution in [3.8, 4) is 16.9 Å². The minimum atomic E-state index is -4.79. The molecule has 0 fully saturated rings. The van der Waals surface area contributed by atoms with Gasteiger partial charge in [-0.15, -0.1) is 13.2 Å². The number of Topliss-reactive ketones (excluding diaryl/α,β-unsaturated/α-hetero) is 1. The lowest BCUT2D eigenvalue weighted by Gasteiger charge is -2.15. The summed E-state index contributed by atoms with van der Waals surface area (Å²) in [5.74, 6) is -0.789. The Hall–Kier alpha value is -3.61. The Morgan fingerprint density at radius 1 is 0.933 bits per heavy atom. The minimum Gasteiger partial charge on any atom is -0.406 e. The Bertz CT molecular complexity index is 1120. The van der Waals surface area contributed by atoms with Gasteiger partial charge in [-0.3, -0.25) is 9.59 Å². The highest BCUT2D eigenvalue weighted by Crippen LogP contribution is 2.38. The van der Waals surface area contributed by atoms with E-state index >= 15 is 0 Å². The SMILES string of the molecule is O=C(Nc1ccc(-c2cccc(OC(F)(F)F)c2)c2c1C(=O)CC2)c1ccccc1. The molecule has 4 nitrogen and oxygen atoms in total. The van der Waals surface area contributed by atoms with Crippen molar-refractivity contribution in [1.82, 2.24) is 0 Å². The maximum absolute atomic E-state index is 12.6. The summed E-state index contributed by atoms with van der Waals surface area (Å²) in [6, 6.07) is 17.5. The van der Waals surface area contributed by atoms with Crippen LogP contribution in [-0.2, 0) is 6.42 Å². The maximum Gasteiger partial charge on any atom is 0.573 e. The third kappa shape index (κ3) is 4.05. The standard InChI is InChI=1S/C23H16F3NO3/c24-23(25,26)30-16-8-4-7-15(13-16)17-9-11-19(21-18(17)10-12-20(21)28)27-22(29)14-5-2-1-3-6-14/h1-9,11,13H,10,12H2,(H,27,29). The van der Waals surface area contributed by atoms with E-state index in [1.165, 1.54) is 18.2 Å². The summed E-state index contributed by atoms with van der Waals surface area (Å²) >= 11 is 0. The van der Waals surface area contributed by atoms with Gasteiger partial charge in [0, 0.05) is 17.5 Å². The summed E-state index contributed by atoms with van der Waals surface area (Å²) < 4.78 is 41.7. The first-order valence-electron chi connectivity index (χ1n) is 9.23. The van der Waals surface area contributed by atoms with E-state index in [0.717, 1.165) is 0 Å². The first-order valence-corrected chi connectivity index (χ1v) is 9.23. The van der Waals surface area contributed by atoms with Crippen molar-refractivity contribution in [2.75, 3.05) is 5.32 Å². The van der Waals surface area contributed by atoms with Crippen molar-refractivity contribution in [2.24, 2.45) is 0 Å². The number of carbonyl (C=O) groups excluding carboxylic acids is 2. The highest BCUT2D eigenvalue weighted by molar-refractivity contribution is 6.12. The van der Waals surface area contributed by atoms with Gasteiger partial charge in [-0.2, -0.15) is 0 Å². The van der Waals surface area contributed by atoms with Gasteiger partial charge in [0.15, 0.2) is 5.78 Å². The van der Waals surface area contributed by atoms with E-state index in [0.29, 0.717) is 39.9 Å². The van der Waals surface area contributed by atoms with E-state index < -0.39 is 6.36 Å². The zero-order valence-corrected chi connectivity index (χ0v) is 15.6. The third-order valence-corrected chi connectivity index (χ3v) is 4.86. The van der Waals surface area contributed by atoms with Gasteiger partial charge in [0.2, 0.25) is 0 Å². The van der Waals surface area contributed by atoms with E-state index in [9.17, 15) is 22.8 Å². The maximum atomic E-state index is 12.6. The fourth-order valence-electron chi connectivity index (χ4n) is 3.61. The van der Waals surface area contributed by atoms with Crippen LogP contribution in [0, 0.1) is 0 Å². The van der Waals surface area contributed by atoms with E-state index in [2.05, 4.69) is 10.1 Å². The van der Waals surface area contributed by atoms with Gasteiger partial charge in [0.1, 0.15) is 5.75 Å². The number of ketones is 1. The Morgan fingerprint density at radius 2 is 1.70 bits per heavy atom. The van der Waals surface area contributed by atoms with Crippen LogP contribution in [0.4, 0.5) is 18.9 Å². The molecule has 0 atom stereocenters. The van der Waals surface area contributed by atoms with Crippen molar-refractivity contribution in [2.45, 2.75) is 19.2 Å². The highest BCUT2D eigenvalue weighted by Gasteiger charge is 2.31. The van der Waals surface area contributed by atoms with Gasteiger partial charge in [0.05, 0.1) is 5.69 Å². The Kier molecular flexibility index (Phi) is 5.03. The van der Waals surface area contributed by atoms with Gasteiger partial charge >= 0.3 is 6.36 Å². The second-order valence-corrected chi connectivity index (χ2v) is 6.83. The quantitative estimate of drug-likeness (QED) is 0.605. The minimum absolute atomic E-state index is 0.113. The number of nitrogens with one attached hydrogen (secondary N) is 1. The number of hydrogen-bond donors (Lipinski definition) is 1. The van der Waals surface area contributed by atoms with Crippen molar-refractivity contribution in [3.05, 3.63) is 83.4 Å². The monoisotopic (exact) mass is 411 g/mol. The molecule has 1 aliphatic carbocycles. The smallest absolute Gasteiger partial charge is 0.406 e. The Balaban J connectivity index is 1.70. The second-order valence-electron chi connectivity index (χ2n) is 6.83. The summed E-state index contributed by atoms with van der Waals surface area (Å²) in [5.41, 5.74) is 3.10. The summed E-state index contributed by atoms with van der Waals surface area (Å²) in [6.45, 7) is 0. The largest absolute Gasteiger partial charge is 0.573 e. The number of amides is 1. The number of fused-ring (bicyclic) bond motifs is 1. The molecule has 1 aliphatic rings. The molecular weight excluding hydrogens is 395 g/mol. The molecule has 7 heteroatoms. The molecule has 30 heavy (non-hydrogen) atoms. The molecular formula is C23H16F3NO3. The number of carbonyl (C=O) groups is 2. The topological polar surface area (TPSA) is 55.4 Å². The van der Waals surface area contributed by atoms with Crippen molar-refractivity contribution in [3.63, 3.8) is 0 Å². The number of rotatable bonds is 4. The van der Waals surface area contributed by atoms with Gasteiger partial charge in [-0.25, -0.2) is 0 Å². The number of benzene rings is 3. The van der Waals surface area contributed by atoms with Gasteiger partial charge in [0.25, 0.3) is 5.91 Å². The number of alkyl halides is 3. The van der Waals surface area contributed by atoms with E-state index in [4.69, 9.17) is 0 Å². The van der Waals surface area contributed by atoms with Gasteiger partial charge < -0.3 is 10.1 Å². The van der Waals surface area contributed by atoms with Crippen LogP contribution in [-0.4, -0.2) is 18.1 Å². The molecule has 0 radical (unpaired) electrons. The molecule has 0 saturated heterocycles. The van der Waals surface area contributed by atoms with Crippen LogP contribution in [0.5, 0.6) is 5.75 Å². The number of anilines is 1. The molecule has 0 aromatic heterocycles. The fourth-order valence-corrected chi connectivity index (χ4v) is 3.61. The van der Waals surface area contributed by atoms with Crippen LogP contribution in [0.15, 0.2) is 66.7 Å². The molecule has 1 N–H and O–H groups in total. The molecule has 0 saturated carbocycles. The summed E-state index contributed by atoms with van der Waals surface area (Å²) in [5, 5.41) is 2.78. The van der Waals surface area contributed by atoms with Gasteiger partial charge in [-0.05, 0) is 53.4 Å². The van der Waals surface area contributed by atoms with Crippen LogP contribution in [0.25, 0.3) is 11.1 Å². The normalized spacial score (nSPS) is 13.1. The molecule has 1 amide bonds. The predicted octanol–water partition coefficient (Wildman–Crippen LogP) is 5.63. The molecule has 4 rings (SSSR count). The van der Waals surface area contributed by atoms with Crippen LogP contribution in [0.2, 0.25) is 0 Å². The molecule has 0 unspecified atom stereocenters. The summed E-state index contributed by atoms with van der Waals surface area (Å²) in [7, 11) is 0. The summed E-state index contributed by atoms with van der Waals surface area (Å²) in [6.07, 6.45) is -4.07. The third-order valence-electron chi connectivity index (χ3n) is 4.86. The first kappa shape index (κ1) is 19.7. The van der Waals surface area contributed by atoms with Crippen LogP contribution in [0.1, 0.15) is 32.7 Å². The molecule has 0 bridgehead atoms. The second kappa shape index (κ2) is 7.67. The first-order chi connectivity index (χ1) is 14.3. The molecule has 3 aromatic carbocycles. The molecule has 152 valence electrons. The predicted molar refractivity (Wildman–Crippen MR) is 106 cm³/mol. The van der Waals surface area contributed by atoms with Gasteiger partial charge in [-0.1, -0.05) is 36.4 Å².